The molecule has 0 spiro atoms. The molecule has 2 aromatic carbocycles. The van der Waals surface area contributed by atoms with Crippen molar-refractivity contribution < 1.29 is 0 Å². The van der Waals surface area contributed by atoms with Crippen molar-refractivity contribution in [2.45, 2.75) is 20.3 Å². The minimum absolute atomic E-state index is 0.677. The van der Waals surface area contributed by atoms with Crippen molar-refractivity contribution in [1.29, 1.82) is 0 Å². The van der Waals surface area contributed by atoms with Crippen LogP contribution < -0.4 is 0 Å². The van der Waals surface area contributed by atoms with E-state index in [0.717, 1.165) is 17.0 Å². The molecule has 0 bridgehead atoms. The topological polar surface area (TPSA) is 15.8 Å². The number of nitrogens with one attached hydrogen (secondary N) is 1. The summed E-state index contributed by atoms with van der Waals surface area (Å²) in [7, 11) is 0. The summed E-state index contributed by atoms with van der Waals surface area (Å²) in [5.41, 5.74) is 3.72. The molecule has 0 radical (unpaired) electrons. The summed E-state index contributed by atoms with van der Waals surface area (Å²) < 4.78 is 0. The highest BCUT2D eigenvalue weighted by Gasteiger charge is 2.06. The molecule has 1 nitrogen and oxygen atoms in total. The van der Waals surface area contributed by atoms with Crippen molar-refractivity contribution in [2.75, 3.05) is 0 Å². The largest absolute Gasteiger partial charge is 0.355 e. The van der Waals surface area contributed by atoms with Gasteiger partial charge >= 0.3 is 0 Å². The second kappa shape index (κ2) is 4.33. The third kappa shape index (κ3) is 1.99. The van der Waals surface area contributed by atoms with Crippen molar-refractivity contribution in [3.8, 4) is 0 Å². The Morgan fingerprint density at radius 2 is 1.67 bits per heavy atom. The van der Waals surface area contributed by atoms with Crippen molar-refractivity contribution in [3.63, 3.8) is 0 Å². The van der Waals surface area contributed by atoms with Gasteiger partial charge in [-0.25, -0.2) is 0 Å². The van der Waals surface area contributed by atoms with E-state index in [1.807, 2.05) is 18.2 Å². The summed E-state index contributed by atoms with van der Waals surface area (Å²) in [6, 6.07) is 12.7. The molecule has 0 aliphatic carbocycles. The molecule has 0 amide bonds. The second-order valence-corrected chi connectivity index (χ2v) is 5.73. The average Bonchev–Trinajstić information content (AvgIpc) is 2.66. The molecule has 0 aliphatic heterocycles. The minimum atomic E-state index is 0.677. The Balaban J connectivity index is 2.24. The van der Waals surface area contributed by atoms with Crippen molar-refractivity contribution in [2.24, 2.45) is 5.92 Å². The Morgan fingerprint density at radius 3 is 2.39 bits per heavy atom. The molecule has 18 heavy (non-hydrogen) atoms. The molecule has 0 unspecified atom stereocenters. The van der Waals surface area contributed by atoms with Gasteiger partial charge in [-0.3, -0.25) is 0 Å². The molecular formula is C16H16ClN. The third-order valence-electron chi connectivity index (χ3n) is 3.27. The quantitative estimate of drug-likeness (QED) is 0.652. The predicted octanol–water partition coefficient (Wildman–Crippen LogP) is 5.17. The van der Waals surface area contributed by atoms with Gasteiger partial charge in [0.05, 0.1) is 0 Å². The van der Waals surface area contributed by atoms with Crippen LogP contribution in [0.2, 0.25) is 5.02 Å². The lowest BCUT2D eigenvalue weighted by Gasteiger charge is -2.04. The molecule has 0 aliphatic rings. The summed E-state index contributed by atoms with van der Waals surface area (Å²) in [5, 5.41) is 3.27. The van der Waals surface area contributed by atoms with E-state index in [-0.39, 0.29) is 0 Å². The fraction of sp³-hybridized carbons (Fsp3) is 0.250. The Kier molecular flexibility index (Phi) is 2.79. The summed E-state index contributed by atoms with van der Waals surface area (Å²) in [6.45, 7) is 4.49. The Morgan fingerprint density at radius 1 is 1.00 bits per heavy atom. The van der Waals surface area contributed by atoms with Gasteiger partial charge in [0, 0.05) is 26.8 Å². The zero-order chi connectivity index (χ0) is 12.7. The van der Waals surface area contributed by atoms with E-state index in [1.54, 1.807) is 0 Å². The van der Waals surface area contributed by atoms with Crippen LogP contribution in [-0.2, 0) is 6.42 Å². The van der Waals surface area contributed by atoms with Crippen LogP contribution in [0.3, 0.4) is 0 Å². The first-order valence-corrected chi connectivity index (χ1v) is 6.71. The van der Waals surface area contributed by atoms with Gasteiger partial charge in [0.1, 0.15) is 0 Å². The van der Waals surface area contributed by atoms with Gasteiger partial charge < -0.3 is 4.98 Å². The number of H-pyrrole nitrogens is 1. The van der Waals surface area contributed by atoms with Crippen LogP contribution in [0, 0.1) is 5.92 Å². The molecule has 0 fully saturated rings. The first kappa shape index (κ1) is 11.6. The summed E-state index contributed by atoms with van der Waals surface area (Å²) in [6.07, 6.45) is 1.11. The molecule has 92 valence electrons. The van der Waals surface area contributed by atoms with Crippen LogP contribution in [-0.4, -0.2) is 4.98 Å². The lowest BCUT2D eigenvalue weighted by atomic mass is 10.0. The molecule has 0 saturated heterocycles. The molecular weight excluding hydrogens is 242 g/mol. The maximum Gasteiger partial charge on any atom is 0.0465 e. The van der Waals surface area contributed by atoms with Gasteiger partial charge in [0.25, 0.3) is 0 Å². The summed E-state index contributed by atoms with van der Waals surface area (Å²) in [5.74, 6) is 0.677. The van der Waals surface area contributed by atoms with Crippen LogP contribution in [0.1, 0.15) is 19.4 Å². The van der Waals surface area contributed by atoms with Gasteiger partial charge in [-0.2, -0.15) is 0 Å². The number of aromatic amines is 1. The third-order valence-corrected chi connectivity index (χ3v) is 3.50. The second-order valence-electron chi connectivity index (χ2n) is 5.29. The first-order chi connectivity index (χ1) is 8.63. The fourth-order valence-corrected chi connectivity index (χ4v) is 2.69. The van der Waals surface area contributed by atoms with Gasteiger partial charge in [0.15, 0.2) is 0 Å². The van der Waals surface area contributed by atoms with Gasteiger partial charge in [0.2, 0.25) is 0 Å². The average molecular weight is 258 g/mol. The molecule has 1 heterocycles. The Hall–Kier alpha value is -1.47. The Labute approximate surface area is 112 Å². The number of halogens is 1. The minimum Gasteiger partial charge on any atom is -0.355 e. The zero-order valence-corrected chi connectivity index (χ0v) is 11.4. The lowest BCUT2D eigenvalue weighted by molar-refractivity contribution is 0.648. The van der Waals surface area contributed by atoms with Gasteiger partial charge in [-0.15, -0.1) is 0 Å². The standard InChI is InChI=1S/C16H16ClN/c1-10(2)7-11-3-5-15-13(8-11)14-9-12(17)4-6-16(14)18-15/h3-6,8-10,18H,7H2,1-2H3. The molecule has 1 aromatic heterocycles. The number of fused-ring (bicyclic) bond motifs is 3. The zero-order valence-electron chi connectivity index (χ0n) is 10.6. The van der Waals surface area contributed by atoms with Gasteiger partial charge in [-0.05, 0) is 48.2 Å². The SMILES string of the molecule is CC(C)Cc1ccc2[nH]c3ccc(Cl)cc3c2c1. The van der Waals surface area contributed by atoms with Crippen LogP contribution >= 0.6 is 11.6 Å². The van der Waals surface area contributed by atoms with Crippen LogP contribution in [0.4, 0.5) is 0 Å². The van der Waals surface area contributed by atoms with E-state index >= 15 is 0 Å². The van der Waals surface area contributed by atoms with Crippen molar-refractivity contribution in [3.05, 3.63) is 47.0 Å². The fourth-order valence-electron chi connectivity index (χ4n) is 2.52. The van der Waals surface area contributed by atoms with Gasteiger partial charge in [-0.1, -0.05) is 31.5 Å². The molecule has 3 aromatic rings. The van der Waals surface area contributed by atoms with Crippen LogP contribution in [0.15, 0.2) is 36.4 Å². The number of aromatic nitrogens is 1. The van der Waals surface area contributed by atoms with Crippen LogP contribution in [0.25, 0.3) is 21.8 Å². The Bertz CT molecular complexity index is 710. The smallest absolute Gasteiger partial charge is 0.0465 e. The van der Waals surface area contributed by atoms with E-state index in [1.165, 1.54) is 21.9 Å². The van der Waals surface area contributed by atoms with E-state index in [9.17, 15) is 0 Å². The molecule has 3 rings (SSSR count). The molecule has 1 N–H and O–H groups in total. The summed E-state index contributed by atoms with van der Waals surface area (Å²) >= 11 is 6.09. The van der Waals surface area contributed by atoms with Crippen LogP contribution in [0.5, 0.6) is 0 Å². The number of benzene rings is 2. The predicted molar refractivity (Wildman–Crippen MR) is 79.4 cm³/mol. The number of rotatable bonds is 2. The molecule has 2 heteroatoms. The maximum atomic E-state index is 6.09. The van der Waals surface area contributed by atoms with E-state index < -0.39 is 0 Å². The lowest BCUT2D eigenvalue weighted by Crippen LogP contribution is -1.93. The summed E-state index contributed by atoms with van der Waals surface area (Å²) in [4.78, 5) is 3.43. The number of hydrogen-bond acceptors (Lipinski definition) is 0. The maximum absolute atomic E-state index is 6.09. The number of hydrogen-bond donors (Lipinski definition) is 1. The van der Waals surface area contributed by atoms with E-state index in [0.29, 0.717) is 5.92 Å². The normalized spacial score (nSPS) is 11.8. The first-order valence-electron chi connectivity index (χ1n) is 6.33. The molecule has 0 atom stereocenters. The highest BCUT2D eigenvalue weighted by Crippen LogP contribution is 2.29. The highest BCUT2D eigenvalue weighted by atomic mass is 35.5. The van der Waals surface area contributed by atoms with Crippen molar-refractivity contribution in [1.82, 2.24) is 4.98 Å². The van der Waals surface area contributed by atoms with Crippen molar-refractivity contribution >= 4 is 33.4 Å². The monoisotopic (exact) mass is 257 g/mol. The van der Waals surface area contributed by atoms with E-state index in [4.69, 9.17) is 11.6 Å². The highest BCUT2D eigenvalue weighted by molar-refractivity contribution is 6.31. The van der Waals surface area contributed by atoms with E-state index in [2.05, 4.69) is 37.0 Å². The molecule has 0 saturated carbocycles.